The Hall–Kier alpha value is -6.20. The van der Waals surface area contributed by atoms with Crippen LogP contribution in [0, 0.1) is 11.6 Å². The predicted octanol–water partition coefficient (Wildman–Crippen LogP) is 3.58. The Kier molecular flexibility index (Phi) is 23.0. The van der Waals surface area contributed by atoms with E-state index in [1.54, 1.807) is 24.3 Å². The highest BCUT2D eigenvalue weighted by molar-refractivity contribution is 5.97. The maximum absolute atomic E-state index is 13.2. The number of rotatable bonds is 12. The van der Waals surface area contributed by atoms with E-state index in [0.717, 1.165) is 125 Å². The number of amides is 3. The number of carbonyl (C=O) groups is 4. The van der Waals surface area contributed by atoms with Crippen LogP contribution in [0.2, 0.25) is 0 Å². The molecule has 6 aliphatic heterocycles. The quantitative estimate of drug-likeness (QED) is 0.151. The van der Waals surface area contributed by atoms with Crippen molar-refractivity contribution in [2.24, 2.45) is 0 Å². The fourth-order valence-corrected chi connectivity index (χ4v) is 12.1. The highest BCUT2D eigenvalue weighted by Gasteiger charge is 2.40. The molecule has 466 valence electrons. The number of pyridine rings is 2. The number of piperazine rings is 4. The van der Waals surface area contributed by atoms with Gasteiger partial charge in [0.25, 0.3) is 11.1 Å². The van der Waals surface area contributed by atoms with E-state index in [1.165, 1.54) is 24.3 Å². The van der Waals surface area contributed by atoms with Gasteiger partial charge in [0.05, 0.1) is 37.6 Å². The molecule has 4 saturated heterocycles. The number of aromatic amines is 2. The van der Waals surface area contributed by atoms with Gasteiger partial charge in [0.2, 0.25) is 17.7 Å². The van der Waals surface area contributed by atoms with Gasteiger partial charge in [-0.2, -0.15) is 0 Å². The monoisotopic (exact) mass is 1180 g/mol. The fourth-order valence-electron chi connectivity index (χ4n) is 12.1. The molecular formula is C64H95F2N13O6. The Bertz CT molecular complexity index is 2990. The van der Waals surface area contributed by atoms with E-state index in [4.69, 9.17) is 0 Å². The third kappa shape index (κ3) is 18.2. The van der Waals surface area contributed by atoms with Gasteiger partial charge in [-0.05, 0) is 96.4 Å². The Labute approximate surface area is 502 Å². The molecule has 4 unspecified atom stereocenters. The molecular weight excluding hydrogens is 1080 g/mol. The standard InChI is InChI=1S/C23H29FN4O2.C17H19FN2O.C17H33N5O2.C7H14N2O/c1-15-12-27(9-8-25-15)13-20(29)28-14-23(2,3)21-19(28)11-17(22(30)26-21)10-16-4-6-18(24)7-5-16;1-17(2)10-20(3)14-9-12(16(21)19-15(14)17)8-11-4-6-13(18)7-5-11;1-14-10-21(8-6-19(14)4)16(23)12-18(3)13-17(24)22-9-7-20(5)15(2)11-22;1-7-6-9(4-5-10)3-2-8-7/h4-7,11,15,25H,8-10,12-14H2,1-3H3,(H,26,30);4-7,9H,8,10H2,1-3H3,(H,19,21);14-15H,6-13H2,1-5H3;5,7-8H,2-4,6H2,1H3. The van der Waals surface area contributed by atoms with Crippen LogP contribution in [0.25, 0.3) is 0 Å². The molecule has 0 bridgehead atoms. The number of benzene rings is 2. The Balaban J connectivity index is 0.000000171. The average Bonchev–Trinajstić information content (AvgIpc) is 1.97. The van der Waals surface area contributed by atoms with Crippen LogP contribution in [0.15, 0.2) is 70.3 Å². The number of H-pyrrole nitrogens is 2. The molecule has 0 saturated carbocycles. The maximum atomic E-state index is 13.2. The summed E-state index contributed by atoms with van der Waals surface area (Å²) >= 11 is 0. The number of nitrogens with one attached hydrogen (secondary N) is 4. The zero-order chi connectivity index (χ0) is 61.9. The third-order valence-electron chi connectivity index (χ3n) is 17.4. The van der Waals surface area contributed by atoms with Crippen molar-refractivity contribution in [3.8, 4) is 0 Å². The molecule has 2 aromatic carbocycles. The number of aromatic nitrogens is 2. The van der Waals surface area contributed by atoms with Gasteiger partial charge in [-0.25, -0.2) is 8.78 Å². The van der Waals surface area contributed by atoms with Crippen molar-refractivity contribution in [3.05, 3.63) is 127 Å². The van der Waals surface area contributed by atoms with Crippen LogP contribution in [0.1, 0.15) is 89.0 Å². The van der Waals surface area contributed by atoms with Crippen molar-refractivity contribution < 1.29 is 28.0 Å². The Morgan fingerprint density at radius 1 is 0.600 bits per heavy atom. The van der Waals surface area contributed by atoms with E-state index < -0.39 is 0 Å². The van der Waals surface area contributed by atoms with Gasteiger partial charge in [-0.15, -0.1) is 0 Å². The molecule has 6 aliphatic rings. The second kappa shape index (κ2) is 29.5. The lowest BCUT2D eigenvalue weighted by Crippen LogP contribution is -2.55. The smallest absolute Gasteiger partial charge is 0.251 e. The van der Waals surface area contributed by atoms with Crippen LogP contribution < -0.4 is 31.6 Å². The van der Waals surface area contributed by atoms with Crippen molar-refractivity contribution in [2.45, 2.75) is 103 Å². The first-order valence-corrected chi connectivity index (χ1v) is 30.2. The van der Waals surface area contributed by atoms with E-state index in [1.807, 2.05) is 59.7 Å². The summed E-state index contributed by atoms with van der Waals surface area (Å²) in [6.07, 6.45) is 1.87. The number of nitrogens with zero attached hydrogens (tertiary/aromatic N) is 9. The summed E-state index contributed by atoms with van der Waals surface area (Å²) in [6, 6.07) is 17.9. The number of anilines is 2. The molecule has 0 aliphatic carbocycles. The van der Waals surface area contributed by atoms with Crippen molar-refractivity contribution in [1.29, 1.82) is 0 Å². The molecule has 85 heavy (non-hydrogen) atoms. The lowest BCUT2D eigenvalue weighted by Gasteiger charge is -2.39. The second-order valence-corrected chi connectivity index (χ2v) is 25.9. The highest BCUT2D eigenvalue weighted by Crippen LogP contribution is 2.40. The van der Waals surface area contributed by atoms with Crippen LogP contribution in [0.4, 0.5) is 20.2 Å². The largest absolute Gasteiger partial charge is 0.372 e. The molecule has 4 atom stereocenters. The van der Waals surface area contributed by atoms with Crippen LogP contribution in [-0.4, -0.2) is 238 Å². The van der Waals surface area contributed by atoms with Crippen molar-refractivity contribution >= 4 is 35.4 Å². The molecule has 4 N–H and O–H groups in total. The lowest BCUT2D eigenvalue weighted by molar-refractivity contribution is -0.138. The van der Waals surface area contributed by atoms with E-state index in [2.05, 4.69) is 101 Å². The summed E-state index contributed by atoms with van der Waals surface area (Å²) in [5.74, 6) is -0.268. The van der Waals surface area contributed by atoms with Crippen molar-refractivity contribution in [2.75, 3.05) is 156 Å². The molecule has 8 heterocycles. The molecule has 3 amide bonds. The topological polar surface area (TPSA) is 187 Å². The summed E-state index contributed by atoms with van der Waals surface area (Å²) < 4.78 is 26.2. The van der Waals surface area contributed by atoms with Gasteiger partial charge in [-0.3, -0.25) is 38.7 Å². The van der Waals surface area contributed by atoms with E-state index >= 15 is 0 Å². The molecule has 19 nitrogen and oxygen atoms in total. The molecule has 2 aromatic heterocycles. The van der Waals surface area contributed by atoms with Crippen molar-refractivity contribution in [1.82, 2.24) is 54.9 Å². The van der Waals surface area contributed by atoms with E-state index in [9.17, 15) is 37.5 Å². The van der Waals surface area contributed by atoms with Crippen LogP contribution >= 0.6 is 0 Å². The Morgan fingerprint density at radius 2 is 1.04 bits per heavy atom. The number of halogens is 2. The van der Waals surface area contributed by atoms with Crippen LogP contribution in [0.3, 0.4) is 0 Å². The first-order chi connectivity index (χ1) is 40.2. The van der Waals surface area contributed by atoms with Crippen LogP contribution in [0.5, 0.6) is 0 Å². The fraction of sp³-hybridized carbons (Fsp3) is 0.594. The van der Waals surface area contributed by atoms with Gasteiger partial charge < -0.3 is 54.8 Å². The minimum absolute atomic E-state index is 0.0440. The van der Waals surface area contributed by atoms with E-state index in [-0.39, 0.29) is 51.3 Å². The predicted molar refractivity (Wildman–Crippen MR) is 333 cm³/mol. The first kappa shape index (κ1) is 66.3. The number of hydrogen-bond donors (Lipinski definition) is 4. The van der Waals surface area contributed by atoms with E-state index in [0.29, 0.717) is 80.9 Å². The summed E-state index contributed by atoms with van der Waals surface area (Å²) in [7, 11) is 8.07. The second-order valence-electron chi connectivity index (χ2n) is 25.9. The molecule has 4 fully saturated rings. The summed E-state index contributed by atoms with van der Waals surface area (Å²) in [4.78, 5) is 97.8. The minimum Gasteiger partial charge on any atom is -0.372 e. The number of likely N-dealkylation sites (N-methyl/N-ethyl adjacent to an activating group) is 4. The number of carbonyl (C=O) groups excluding carboxylic acids is 4. The number of hydrogen-bond acceptors (Lipinski definition) is 14. The van der Waals surface area contributed by atoms with Crippen molar-refractivity contribution in [3.63, 3.8) is 0 Å². The zero-order valence-corrected chi connectivity index (χ0v) is 52.5. The first-order valence-electron chi connectivity index (χ1n) is 30.2. The lowest BCUT2D eigenvalue weighted by atomic mass is 9.91. The van der Waals surface area contributed by atoms with Gasteiger partial charge in [0.1, 0.15) is 17.9 Å². The number of aldehydes is 1. The third-order valence-corrected chi connectivity index (χ3v) is 17.4. The highest BCUT2D eigenvalue weighted by atomic mass is 19.1. The Morgan fingerprint density at radius 3 is 1.49 bits per heavy atom. The normalized spacial score (nSPS) is 22.3. The molecule has 0 radical (unpaired) electrons. The van der Waals surface area contributed by atoms with Gasteiger partial charge in [0.15, 0.2) is 0 Å². The summed E-state index contributed by atoms with van der Waals surface area (Å²) in [5.41, 5.74) is 6.16. The number of fused-ring (bicyclic) bond motifs is 2. The summed E-state index contributed by atoms with van der Waals surface area (Å²) in [6.45, 7) is 30.4. The zero-order valence-electron chi connectivity index (χ0n) is 52.5. The molecule has 10 rings (SSSR count). The average molecular weight is 1180 g/mol. The maximum Gasteiger partial charge on any atom is 0.251 e. The minimum atomic E-state index is -0.324. The van der Waals surface area contributed by atoms with Gasteiger partial charge in [0, 0.05) is 169 Å². The molecule has 0 spiro atoms. The van der Waals surface area contributed by atoms with Crippen LogP contribution in [-0.2, 0) is 42.8 Å². The van der Waals surface area contributed by atoms with Gasteiger partial charge >= 0.3 is 0 Å². The molecule has 21 heteroatoms. The summed E-state index contributed by atoms with van der Waals surface area (Å²) in [5, 5.41) is 6.71. The SMILES string of the molecule is CC1CN(C(=O)CN(C)CC(=O)N2CCN(C)C(C)C2)CCN1C.CC1CN(CC(=O)N2CC(C)(C)c3[nH]c(=O)c(Cc4ccc(F)cc4)cc32)CCN1.CC1CN(CC=O)CCN1.CN1CC(C)(C)c2[nH]c(=O)c(Cc3ccc(F)cc3)cc21. The molecule has 4 aromatic rings. The van der Waals surface area contributed by atoms with Gasteiger partial charge in [-0.1, -0.05) is 52.0 Å².